The Labute approximate surface area is 92.4 Å². The van der Waals surface area contributed by atoms with E-state index in [1.807, 2.05) is 0 Å². The Kier molecular flexibility index (Phi) is 2.68. The number of hydrogen-bond donors (Lipinski definition) is 2. The van der Waals surface area contributed by atoms with E-state index < -0.39 is 0 Å². The van der Waals surface area contributed by atoms with Gasteiger partial charge in [-0.1, -0.05) is 13.3 Å². The van der Waals surface area contributed by atoms with Gasteiger partial charge >= 0.3 is 0 Å². The molecule has 2 rings (SSSR count). The Bertz CT molecular complexity index is 461. The first kappa shape index (κ1) is 10.1. The van der Waals surface area contributed by atoms with Crippen molar-refractivity contribution in [2.75, 3.05) is 5.73 Å². The first-order valence-electron chi connectivity index (χ1n) is 4.80. The van der Waals surface area contributed by atoms with Gasteiger partial charge in [-0.25, -0.2) is 0 Å². The molecule has 0 bridgehead atoms. The van der Waals surface area contributed by atoms with Crippen molar-refractivity contribution in [3.05, 3.63) is 22.9 Å². The van der Waals surface area contributed by atoms with E-state index >= 15 is 0 Å². The number of nitrogens with one attached hydrogen (secondary N) is 1. The normalized spacial score (nSPS) is 10.8. The molecule has 5 heteroatoms. The lowest BCUT2D eigenvalue weighted by molar-refractivity contribution is 0.581. The molecule has 0 saturated carbocycles. The molecule has 0 aliphatic rings. The van der Waals surface area contributed by atoms with Gasteiger partial charge in [0.2, 0.25) is 0 Å². The van der Waals surface area contributed by atoms with Gasteiger partial charge in [-0.2, -0.15) is 5.10 Å². The smallest absolute Gasteiger partial charge is 0.194 e. The van der Waals surface area contributed by atoms with Gasteiger partial charge < -0.3 is 10.2 Å². The lowest BCUT2D eigenvalue weighted by Gasteiger charge is -1.98. The summed E-state index contributed by atoms with van der Waals surface area (Å²) in [4.78, 5) is 0. The predicted molar refractivity (Wildman–Crippen MR) is 59.7 cm³/mol. The minimum atomic E-state index is 0.362. The van der Waals surface area contributed by atoms with Crippen LogP contribution < -0.4 is 5.73 Å². The number of aromatic nitrogens is 2. The number of halogens is 1. The van der Waals surface area contributed by atoms with Crippen molar-refractivity contribution in [3.8, 4) is 11.5 Å². The maximum Gasteiger partial charge on any atom is 0.194 e. The van der Waals surface area contributed by atoms with E-state index in [-0.39, 0.29) is 0 Å². The van der Waals surface area contributed by atoms with Gasteiger partial charge in [0, 0.05) is 5.56 Å². The zero-order chi connectivity index (χ0) is 10.8. The second-order valence-corrected chi connectivity index (χ2v) is 3.69. The molecule has 0 unspecified atom stereocenters. The number of H-pyrrole nitrogens is 1. The summed E-state index contributed by atoms with van der Waals surface area (Å²) in [6, 6.07) is 3.50. The molecule has 4 nitrogen and oxygen atoms in total. The number of nitrogens with two attached hydrogens (primary N) is 1. The SMILES string of the molecule is CCCc1c(N)n[nH]c1-c1ccc(Cl)o1. The van der Waals surface area contributed by atoms with Crippen molar-refractivity contribution in [3.63, 3.8) is 0 Å². The first-order valence-corrected chi connectivity index (χ1v) is 5.18. The minimum absolute atomic E-state index is 0.362. The van der Waals surface area contributed by atoms with E-state index in [1.54, 1.807) is 12.1 Å². The van der Waals surface area contributed by atoms with Gasteiger partial charge in [-0.05, 0) is 30.2 Å². The van der Waals surface area contributed by atoms with E-state index in [4.69, 9.17) is 21.8 Å². The molecule has 80 valence electrons. The molecule has 0 aromatic carbocycles. The third kappa shape index (κ3) is 1.85. The van der Waals surface area contributed by atoms with Crippen LogP contribution in [0.15, 0.2) is 16.5 Å². The highest BCUT2D eigenvalue weighted by atomic mass is 35.5. The van der Waals surface area contributed by atoms with Crippen molar-refractivity contribution >= 4 is 17.4 Å². The molecule has 2 aromatic rings. The number of furan rings is 1. The topological polar surface area (TPSA) is 67.8 Å². The van der Waals surface area contributed by atoms with Crippen molar-refractivity contribution in [1.82, 2.24) is 10.2 Å². The van der Waals surface area contributed by atoms with E-state index in [0.717, 1.165) is 24.1 Å². The summed E-state index contributed by atoms with van der Waals surface area (Å²) >= 11 is 5.71. The third-order valence-corrected chi connectivity index (χ3v) is 2.42. The maximum atomic E-state index is 5.75. The quantitative estimate of drug-likeness (QED) is 0.844. The van der Waals surface area contributed by atoms with Crippen LogP contribution in [0.1, 0.15) is 18.9 Å². The molecule has 2 aromatic heterocycles. The van der Waals surface area contributed by atoms with Gasteiger partial charge in [0.05, 0.1) is 0 Å². The molecular formula is C10H12ClN3O. The number of rotatable bonds is 3. The summed E-state index contributed by atoms with van der Waals surface area (Å²) < 4.78 is 5.31. The van der Waals surface area contributed by atoms with Crippen LogP contribution in [-0.4, -0.2) is 10.2 Å². The van der Waals surface area contributed by atoms with Crippen LogP contribution in [0, 0.1) is 0 Å². The van der Waals surface area contributed by atoms with Crippen LogP contribution in [0.5, 0.6) is 0 Å². The molecular weight excluding hydrogens is 214 g/mol. The van der Waals surface area contributed by atoms with Crippen LogP contribution in [0.4, 0.5) is 5.82 Å². The molecule has 3 N–H and O–H groups in total. The average molecular weight is 226 g/mol. The Morgan fingerprint density at radius 1 is 1.53 bits per heavy atom. The zero-order valence-corrected chi connectivity index (χ0v) is 9.14. The molecule has 0 aliphatic heterocycles. The summed E-state index contributed by atoms with van der Waals surface area (Å²) in [5, 5.41) is 7.19. The van der Waals surface area contributed by atoms with E-state index in [9.17, 15) is 0 Å². The highest BCUT2D eigenvalue weighted by Gasteiger charge is 2.14. The average Bonchev–Trinajstić information content (AvgIpc) is 2.76. The molecule has 0 atom stereocenters. The van der Waals surface area contributed by atoms with Gasteiger partial charge in [-0.3, -0.25) is 5.10 Å². The van der Waals surface area contributed by atoms with Gasteiger partial charge in [0.1, 0.15) is 11.5 Å². The number of anilines is 1. The van der Waals surface area contributed by atoms with Crippen LogP contribution in [0.2, 0.25) is 5.22 Å². The third-order valence-electron chi connectivity index (χ3n) is 2.22. The Morgan fingerprint density at radius 3 is 2.93 bits per heavy atom. The lowest BCUT2D eigenvalue weighted by atomic mass is 10.1. The summed E-state index contributed by atoms with van der Waals surface area (Å²) in [5.41, 5.74) is 7.56. The Balaban J connectivity index is 2.43. The molecule has 15 heavy (non-hydrogen) atoms. The monoisotopic (exact) mass is 225 g/mol. The maximum absolute atomic E-state index is 5.75. The standard InChI is InChI=1S/C10H12ClN3O/c1-2-3-6-9(13-14-10(6)12)7-4-5-8(11)15-7/h4-5H,2-3H2,1H3,(H3,12,13,14). The fraction of sp³-hybridized carbons (Fsp3) is 0.300. The van der Waals surface area contributed by atoms with Crippen molar-refractivity contribution < 1.29 is 4.42 Å². The summed E-state index contributed by atoms with van der Waals surface area (Å²) in [6.45, 7) is 2.09. The van der Waals surface area contributed by atoms with Crippen LogP contribution in [0.3, 0.4) is 0 Å². The molecule has 0 amide bonds. The fourth-order valence-electron chi connectivity index (χ4n) is 1.53. The summed E-state index contributed by atoms with van der Waals surface area (Å²) in [6.07, 6.45) is 1.88. The minimum Gasteiger partial charge on any atom is -0.443 e. The Hall–Kier alpha value is -1.42. The zero-order valence-electron chi connectivity index (χ0n) is 8.38. The molecule has 0 radical (unpaired) electrons. The second-order valence-electron chi connectivity index (χ2n) is 3.32. The molecule has 0 aliphatic carbocycles. The van der Waals surface area contributed by atoms with Gasteiger partial charge in [0.15, 0.2) is 11.0 Å². The van der Waals surface area contributed by atoms with Crippen molar-refractivity contribution in [2.45, 2.75) is 19.8 Å². The number of aromatic amines is 1. The van der Waals surface area contributed by atoms with Crippen LogP contribution >= 0.6 is 11.6 Å². The van der Waals surface area contributed by atoms with Gasteiger partial charge in [-0.15, -0.1) is 0 Å². The molecule has 0 saturated heterocycles. The fourth-order valence-corrected chi connectivity index (χ4v) is 1.68. The number of nitrogens with zero attached hydrogens (tertiary/aromatic N) is 1. The van der Waals surface area contributed by atoms with Crippen molar-refractivity contribution in [2.24, 2.45) is 0 Å². The number of hydrogen-bond acceptors (Lipinski definition) is 3. The largest absolute Gasteiger partial charge is 0.443 e. The Morgan fingerprint density at radius 2 is 2.33 bits per heavy atom. The predicted octanol–water partition coefficient (Wildman–Crippen LogP) is 2.86. The highest BCUT2D eigenvalue weighted by Crippen LogP contribution is 2.29. The molecule has 0 fully saturated rings. The van der Waals surface area contributed by atoms with Gasteiger partial charge in [0.25, 0.3) is 0 Å². The van der Waals surface area contributed by atoms with E-state index in [1.165, 1.54) is 0 Å². The highest BCUT2D eigenvalue weighted by molar-refractivity contribution is 6.28. The van der Waals surface area contributed by atoms with E-state index in [2.05, 4.69) is 17.1 Å². The first-order chi connectivity index (χ1) is 7.22. The number of nitrogen functional groups attached to an aromatic ring is 1. The molecule has 2 heterocycles. The second kappa shape index (κ2) is 3.98. The van der Waals surface area contributed by atoms with Crippen molar-refractivity contribution in [1.29, 1.82) is 0 Å². The van der Waals surface area contributed by atoms with E-state index in [0.29, 0.717) is 16.8 Å². The summed E-state index contributed by atoms with van der Waals surface area (Å²) in [7, 11) is 0. The summed E-state index contributed by atoms with van der Waals surface area (Å²) in [5.74, 6) is 1.20. The lowest BCUT2D eigenvalue weighted by Crippen LogP contribution is -1.92. The van der Waals surface area contributed by atoms with Crippen LogP contribution in [-0.2, 0) is 6.42 Å². The van der Waals surface area contributed by atoms with Crippen LogP contribution in [0.25, 0.3) is 11.5 Å². The molecule has 0 spiro atoms.